The highest BCUT2D eigenvalue weighted by molar-refractivity contribution is 6.30. The second-order valence-electron chi connectivity index (χ2n) is 7.04. The van der Waals surface area contributed by atoms with Crippen molar-refractivity contribution >= 4 is 11.6 Å². The van der Waals surface area contributed by atoms with E-state index >= 15 is 0 Å². The van der Waals surface area contributed by atoms with Crippen LogP contribution in [0.5, 0.6) is 0 Å². The molecule has 0 aliphatic carbocycles. The molecule has 1 aliphatic heterocycles. The van der Waals surface area contributed by atoms with Crippen LogP contribution in [0.15, 0.2) is 91.0 Å². The van der Waals surface area contributed by atoms with Crippen LogP contribution in [-0.4, -0.2) is 0 Å². The number of ether oxygens (including phenoxy) is 1. The molecule has 0 bridgehead atoms. The predicted octanol–water partition coefficient (Wildman–Crippen LogP) is 7.37. The van der Waals surface area contributed by atoms with Crippen molar-refractivity contribution in [3.63, 3.8) is 0 Å². The van der Waals surface area contributed by atoms with Crippen molar-refractivity contribution in [1.29, 1.82) is 0 Å². The lowest BCUT2D eigenvalue weighted by Gasteiger charge is -2.20. The number of halogens is 1. The highest BCUT2D eigenvalue weighted by Gasteiger charge is 2.24. The molecule has 0 aromatic heterocycles. The second kappa shape index (κ2) is 7.27. The largest absolute Gasteiger partial charge is 0.372 e. The summed E-state index contributed by atoms with van der Waals surface area (Å²) in [5.41, 5.74) is 9.87. The highest BCUT2D eigenvalue weighted by atomic mass is 35.5. The van der Waals surface area contributed by atoms with E-state index in [4.69, 9.17) is 16.3 Å². The molecule has 1 aliphatic rings. The zero-order valence-corrected chi connectivity index (χ0v) is 16.1. The summed E-state index contributed by atoms with van der Waals surface area (Å²) in [4.78, 5) is 0. The van der Waals surface area contributed by atoms with E-state index in [1.54, 1.807) is 0 Å². The van der Waals surface area contributed by atoms with Crippen molar-refractivity contribution in [3.8, 4) is 33.4 Å². The number of rotatable bonds is 3. The van der Waals surface area contributed by atoms with Gasteiger partial charge in [0.1, 0.15) is 0 Å². The monoisotopic (exact) mass is 382 g/mol. The maximum atomic E-state index is 6.18. The van der Waals surface area contributed by atoms with Crippen molar-refractivity contribution in [2.45, 2.75) is 13.2 Å². The van der Waals surface area contributed by atoms with Crippen LogP contribution in [0, 0.1) is 0 Å². The molecule has 0 spiro atoms. The van der Waals surface area contributed by atoms with Crippen molar-refractivity contribution in [2.75, 3.05) is 0 Å². The van der Waals surface area contributed by atoms with Gasteiger partial charge in [-0.3, -0.25) is 0 Å². The minimum absolute atomic E-state index is 0.641. The van der Waals surface area contributed by atoms with Gasteiger partial charge >= 0.3 is 0 Å². The van der Waals surface area contributed by atoms with E-state index in [2.05, 4.69) is 78.9 Å². The number of benzene rings is 4. The molecule has 2 heteroatoms. The summed E-state index contributed by atoms with van der Waals surface area (Å²) < 4.78 is 5.86. The van der Waals surface area contributed by atoms with Gasteiger partial charge < -0.3 is 4.74 Å². The first-order valence-corrected chi connectivity index (χ1v) is 9.82. The van der Waals surface area contributed by atoms with E-state index in [9.17, 15) is 0 Å². The molecule has 136 valence electrons. The standard InChI is InChI=1S/C26H19ClO/c27-22-13-11-20(12-14-22)26-24-17-28-16-21(24)15-23(18-7-3-1-4-8-18)25(26)19-9-5-2-6-10-19/h1-15H,16-17H2. The Morgan fingerprint density at radius 3 is 1.89 bits per heavy atom. The lowest BCUT2D eigenvalue weighted by atomic mass is 9.83. The van der Waals surface area contributed by atoms with Gasteiger partial charge in [0.2, 0.25) is 0 Å². The van der Waals surface area contributed by atoms with Crippen LogP contribution in [0.1, 0.15) is 11.1 Å². The fourth-order valence-electron chi connectivity index (χ4n) is 4.02. The lowest BCUT2D eigenvalue weighted by Crippen LogP contribution is -1.97. The zero-order valence-electron chi connectivity index (χ0n) is 15.4. The minimum atomic E-state index is 0.641. The molecule has 0 atom stereocenters. The maximum absolute atomic E-state index is 6.18. The summed E-state index contributed by atoms with van der Waals surface area (Å²) in [5.74, 6) is 0. The first-order valence-electron chi connectivity index (χ1n) is 9.44. The van der Waals surface area contributed by atoms with Crippen molar-refractivity contribution < 1.29 is 4.74 Å². The third-order valence-electron chi connectivity index (χ3n) is 5.31. The first kappa shape index (κ1) is 17.2. The van der Waals surface area contributed by atoms with Gasteiger partial charge in [0.05, 0.1) is 13.2 Å². The molecule has 4 aromatic carbocycles. The average Bonchev–Trinajstić information content (AvgIpc) is 3.23. The van der Waals surface area contributed by atoms with Crippen LogP contribution < -0.4 is 0 Å². The Labute approximate surface area is 170 Å². The predicted molar refractivity (Wildman–Crippen MR) is 116 cm³/mol. The van der Waals surface area contributed by atoms with Crippen LogP contribution in [0.25, 0.3) is 33.4 Å². The topological polar surface area (TPSA) is 9.23 Å². The highest BCUT2D eigenvalue weighted by Crippen LogP contribution is 2.45. The zero-order chi connectivity index (χ0) is 18.9. The molecule has 0 saturated carbocycles. The van der Waals surface area contributed by atoms with Crippen LogP contribution in [0.2, 0.25) is 5.02 Å². The van der Waals surface area contributed by atoms with E-state index in [-0.39, 0.29) is 0 Å². The molecule has 0 amide bonds. The summed E-state index contributed by atoms with van der Waals surface area (Å²) in [6.07, 6.45) is 0. The van der Waals surface area contributed by atoms with E-state index in [1.165, 1.54) is 44.5 Å². The molecule has 4 aromatic rings. The van der Waals surface area contributed by atoms with Crippen LogP contribution in [0.4, 0.5) is 0 Å². The normalized spacial score (nSPS) is 12.8. The summed E-state index contributed by atoms with van der Waals surface area (Å²) in [6, 6.07) is 31.7. The van der Waals surface area contributed by atoms with Crippen molar-refractivity contribution in [3.05, 3.63) is 107 Å². The summed E-state index contributed by atoms with van der Waals surface area (Å²) >= 11 is 6.18. The Hall–Kier alpha value is -2.87. The van der Waals surface area contributed by atoms with E-state index in [0.29, 0.717) is 13.2 Å². The van der Waals surface area contributed by atoms with Gasteiger partial charge in [-0.15, -0.1) is 0 Å². The summed E-state index contributed by atoms with van der Waals surface area (Å²) in [7, 11) is 0. The van der Waals surface area contributed by atoms with Gasteiger partial charge in [0.25, 0.3) is 0 Å². The van der Waals surface area contributed by atoms with E-state index in [0.717, 1.165) is 5.02 Å². The molecule has 0 saturated heterocycles. The van der Waals surface area contributed by atoms with E-state index in [1.807, 2.05) is 12.1 Å². The minimum Gasteiger partial charge on any atom is -0.372 e. The Bertz CT molecular complexity index is 1120. The second-order valence-corrected chi connectivity index (χ2v) is 7.48. The van der Waals surface area contributed by atoms with Crippen LogP contribution in [0.3, 0.4) is 0 Å². The molecule has 28 heavy (non-hydrogen) atoms. The molecule has 1 nitrogen and oxygen atoms in total. The van der Waals surface area contributed by atoms with Gasteiger partial charge in [-0.2, -0.15) is 0 Å². The van der Waals surface area contributed by atoms with Gasteiger partial charge in [-0.05, 0) is 62.7 Å². The Morgan fingerprint density at radius 2 is 1.21 bits per heavy atom. The molecule has 0 radical (unpaired) electrons. The Kier molecular flexibility index (Phi) is 4.48. The number of fused-ring (bicyclic) bond motifs is 1. The molecular formula is C26H19ClO. The van der Waals surface area contributed by atoms with Crippen LogP contribution in [-0.2, 0) is 18.0 Å². The first-order chi connectivity index (χ1) is 13.8. The van der Waals surface area contributed by atoms with Gasteiger partial charge in [-0.25, -0.2) is 0 Å². The molecule has 5 rings (SSSR count). The quantitative estimate of drug-likeness (QED) is 0.359. The Morgan fingerprint density at radius 1 is 0.607 bits per heavy atom. The SMILES string of the molecule is Clc1ccc(-c2c3c(cc(-c4ccccc4)c2-c2ccccc2)COC3)cc1. The fraction of sp³-hybridized carbons (Fsp3) is 0.0769. The van der Waals surface area contributed by atoms with Crippen LogP contribution >= 0.6 is 11.6 Å². The molecular weight excluding hydrogens is 364 g/mol. The third kappa shape index (κ3) is 3.03. The maximum Gasteiger partial charge on any atom is 0.0731 e. The van der Waals surface area contributed by atoms with Crippen molar-refractivity contribution in [2.24, 2.45) is 0 Å². The van der Waals surface area contributed by atoms with E-state index < -0.39 is 0 Å². The van der Waals surface area contributed by atoms with Gasteiger partial charge in [0, 0.05) is 5.02 Å². The smallest absolute Gasteiger partial charge is 0.0731 e. The average molecular weight is 383 g/mol. The third-order valence-corrected chi connectivity index (χ3v) is 5.56. The number of hydrogen-bond acceptors (Lipinski definition) is 1. The molecule has 0 fully saturated rings. The fourth-order valence-corrected chi connectivity index (χ4v) is 4.15. The molecule has 0 N–H and O–H groups in total. The summed E-state index contributed by atoms with van der Waals surface area (Å²) in [5, 5.41) is 0.747. The van der Waals surface area contributed by atoms with Crippen molar-refractivity contribution in [1.82, 2.24) is 0 Å². The van der Waals surface area contributed by atoms with Gasteiger partial charge in [0.15, 0.2) is 0 Å². The molecule has 0 unspecified atom stereocenters. The lowest BCUT2D eigenvalue weighted by molar-refractivity contribution is 0.134. The molecule has 1 heterocycles. The Balaban J connectivity index is 1.89. The van der Waals surface area contributed by atoms with Gasteiger partial charge in [-0.1, -0.05) is 84.4 Å². The summed E-state index contributed by atoms with van der Waals surface area (Å²) in [6.45, 7) is 1.30. The number of hydrogen-bond donors (Lipinski definition) is 0.